The average Bonchev–Trinajstić information content (AvgIpc) is 2.76. The molecule has 1 saturated heterocycles. The minimum Gasteiger partial charge on any atom is -0.368 e. The molecule has 4 rings (SSSR count). The Morgan fingerprint density at radius 3 is 2.54 bits per heavy atom. The zero-order valence-electron chi connectivity index (χ0n) is 15.7. The Morgan fingerprint density at radius 2 is 1.86 bits per heavy atom. The SMILES string of the molecule is CCN1CCN(c2ccc(Nc3ncc(F)c(-c4ccccn4)n3)nc2)CC1. The van der Waals surface area contributed by atoms with Gasteiger partial charge in [-0.25, -0.2) is 19.3 Å². The number of likely N-dealkylation sites (N-methyl/N-ethyl adjacent to an activating group) is 1. The number of pyridine rings is 2. The number of anilines is 3. The molecule has 0 saturated carbocycles. The van der Waals surface area contributed by atoms with Crippen molar-refractivity contribution in [3.8, 4) is 11.4 Å². The Kier molecular flexibility index (Phi) is 5.38. The molecule has 0 radical (unpaired) electrons. The van der Waals surface area contributed by atoms with Crippen molar-refractivity contribution in [2.45, 2.75) is 6.92 Å². The second-order valence-electron chi connectivity index (χ2n) is 6.55. The minimum absolute atomic E-state index is 0.156. The van der Waals surface area contributed by atoms with Gasteiger partial charge < -0.3 is 15.1 Å². The van der Waals surface area contributed by atoms with Crippen LogP contribution in [0.2, 0.25) is 0 Å². The van der Waals surface area contributed by atoms with E-state index in [4.69, 9.17) is 0 Å². The van der Waals surface area contributed by atoms with E-state index in [1.807, 2.05) is 18.3 Å². The summed E-state index contributed by atoms with van der Waals surface area (Å²) in [6.07, 6.45) is 4.58. The molecule has 4 heterocycles. The van der Waals surface area contributed by atoms with Gasteiger partial charge >= 0.3 is 0 Å². The molecule has 3 aromatic rings. The molecular weight excluding hydrogens is 357 g/mol. The highest BCUT2D eigenvalue weighted by atomic mass is 19.1. The van der Waals surface area contributed by atoms with Crippen molar-refractivity contribution in [1.82, 2.24) is 24.8 Å². The fraction of sp³-hybridized carbons (Fsp3) is 0.300. The predicted octanol–water partition coefficient (Wildman–Crippen LogP) is 2.96. The summed E-state index contributed by atoms with van der Waals surface area (Å²) in [6.45, 7) is 7.40. The smallest absolute Gasteiger partial charge is 0.229 e. The highest BCUT2D eigenvalue weighted by Crippen LogP contribution is 2.21. The first-order chi connectivity index (χ1) is 13.7. The molecule has 1 N–H and O–H groups in total. The minimum atomic E-state index is -0.515. The van der Waals surface area contributed by atoms with Crippen LogP contribution in [-0.4, -0.2) is 57.6 Å². The first-order valence-electron chi connectivity index (χ1n) is 9.37. The highest BCUT2D eigenvalue weighted by Gasteiger charge is 2.16. The van der Waals surface area contributed by atoms with E-state index < -0.39 is 5.82 Å². The largest absolute Gasteiger partial charge is 0.368 e. The van der Waals surface area contributed by atoms with Crippen molar-refractivity contribution in [3.63, 3.8) is 0 Å². The fourth-order valence-corrected chi connectivity index (χ4v) is 3.19. The monoisotopic (exact) mass is 379 g/mol. The molecule has 3 aromatic heterocycles. The van der Waals surface area contributed by atoms with Gasteiger partial charge in [0.2, 0.25) is 5.95 Å². The van der Waals surface area contributed by atoms with Gasteiger partial charge in [0.1, 0.15) is 11.5 Å². The molecule has 1 aliphatic rings. The van der Waals surface area contributed by atoms with E-state index in [0.29, 0.717) is 11.5 Å². The summed E-state index contributed by atoms with van der Waals surface area (Å²) in [5.74, 6) is 0.368. The zero-order chi connectivity index (χ0) is 19.3. The van der Waals surface area contributed by atoms with E-state index in [1.165, 1.54) is 0 Å². The van der Waals surface area contributed by atoms with Crippen molar-refractivity contribution in [3.05, 3.63) is 54.7 Å². The maximum Gasteiger partial charge on any atom is 0.229 e. The first-order valence-corrected chi connectivity index (χ1v) is 9.37. The van der Waals surface area contributed by atoms with Crippen molar-refractivity contribution in [2.24, 2.45) is 0 Å². The van der Waals surface area contributed by atoms with Crippen molar-refractivity contribution in [1.29, 1.82) is 0 Å². The summed E-state index contributed by atoms with van der Waals surface area (Å²) in [6, 6.07) is 9.18. The van der Waals surface area contributed by atoms with E-state index in [9.17, 15) is 4.39 Å². The summed E-state index contributed by atoms with van der Waals surface area (Å²) in [4.78, 5) is 21.6. The normalized spacial score (nSPS) is 14.9. The number of halogens is 1. The van der Waals surface area contributed by atoms with Gasteiger partial charge in [0.05, 0.1) is 23.8 Å². The molecule has 0 unspecified atom stereocenters. The highest BCUT2D eigenvalue weighted by molar-refractivity contribution is 5.59. The molecule has 1 aliphatic heterocycles. The summed E-state index contributed by atoms with van der Waals surface area (Å²) in [5.41, 5.74) is 1.71. The van der Waals surface area contributed by atoms with Gasteiger partial charge in [0.15, 0.2) is 5.82 Å². The number of piperazine rings is 1. The topological polar surface area (TPSA) is 70.1 Å². The number of hydrogen-bond acceptors (Lipinski definition) is 7. The van der Waals surface area contributed by atoms with E-state index in [-0.39, 0.29) is 11.6 Å². The lowest BCUT2D eigenvalue weighted by atomic mass is 10.2. The quantitative estimate of drug-likeness (QED) is 0.731. The first kappa shape index (κ1) is 18.2. The van der Waals surface area contributed by atoms with Crippen LogP contribution >= 0.6 is 0 Å². The lowest BCUT2D eigenvalue weighted by molar-refractivity contribution is 0.271. The fourth-order valence-electron chi connectivity index (χ4n) is 3.19. The standard InChI is InChI=1S/C20H22FN7/c1-2-27-9-11-28(12-10-27)15-6-7-18(23-13-15)25-20-24-14-16(21)19(26-20)17-5-3-4-8-22-17/h3-8,13-14H,2,9-12H2,1H3,(H,23,24,25,26). The molecule has 0 bridgehead atoms. The van der Waals surface area contributed by atoms with Crippen LogP contribution < -0.4 is 10.2 Å². The summed E-state index contributed by atoms with van der Waals surface area (Å²) in [7, 11) is 0. The van der Waals surface area contributed by atoms with Gasteiger partial charge in [-0.15, -0.1) is 0 Å². The van der Waals surface area contributed by atoms with Crippen LogP contribution in [0, 0.1) is 5.82 Å². The van der Waals surface area contributed by atoms with Crippen LogP contribution in [0.5, 0.6) is 0 Å². The Labute approximate surface area is 163 Å². The number of aromatic nitrogens is 4. The van der Waals surface area contributed by atoms with Crippen LogP contribution in [0.1, 0.15) is 6.92 Å². The zero-order valence-corrected chi connectivity index (χ0v) is 15.7. The Balaban J connectivity index is 1.46. The molecule has 0 atom stereocenters. The molecule has 7 nitrogen and oxygen atoms in total. The second kappa shape index (κ2) is 8.26. The van der Waals surface area contributed by atoms with Crippen LogP contribution in [0.25, 0.3) is 11.4 Å². The number of nitrogens with zero attached hydrogens (tertiary/aromatic N) is 6. The molecule has 0 aromatic carbocycles. The molecule has 0 spiro atoms. The Hall–Kier alpha value is -3.13. The van der Waals surface area contributed by atoms with Crippen molar-refractivity contribution >= 4 is 17.5 Å². The van der Waals surface area contributed by atoms with E-state index in [1.54, 1.807) is 24.4 Å². The lowest BCUT2D eigenvalue weighted by Gasteiger charge is -2.35. The Morgan fingerprint density at radius 1 is 1.00 bits per heavy atom. The predicted molar refractivity (Wildman–Crippen MR) is 107 cm³/mol. The van der Waals surface area contributed by atoms with Gasteiger partial charge in [0.25, 0.3) is 0 Å². The van der Waals surface area contributed by atoms with Gasteiger partial charge in [-0.3, -0.25) is 4.98 Å². The molecule has 144 valence electrons. The maximum atomic E-state index is 14.1. The Bertz CT molecular complexity index is 910. The molecule has 0 aliphatic carbocycles. The number of nitrogens with one attached hydrogen (secondary N) is 1. The van der Waals surface area contributed by atoms with E-state index in [2.05, 4.69) is 42.0 Å². The molecule has 0 amide bonds. The third-order valence-corrected chi connectivity index (χ3v) is 4.82. The van der Waals surface area contributed by atoms with E-state index >= 15 is 0 Å². The summed E-state index contributed by atoms with van der Waals surface area (Å²) in [5, 5.41) is 3.03. The van der Waals surface area contributed by atoms with Crippen LogP contribution in [0.4, 0.5) is 21.8 Å². The maximum absolute atomic E-state index is 14.1. The van der Waals surface area contributed by atoms with Gasteiger partial charge in [-0.1, -0.05) is 13.0 Å². The van der Waals surface area contributed by atoms with Crippen molar-refractivity contribution in [2.75, 3.05) is 42.9 Å². The van der Waals surface area contributed by atoms with Crippen molar-refractivity contribution < 1.29 is 4.39 Å². The van der Waals surface area contributed by atoms with Gasteiger partial charge in [0, 0.05) is 32.4 Å². The van der Waals surface area contributed by atoms with Crippen LogP contribution in [0.15, 0.2) is 48.9 Å². The van der Waals surface area contributed by atoms with Crippen LogP contribution in [-0.2, 0) is 0 Å². The average molecular weight is 379 g/mol. The van der Waals surface area contributed by atoms with E-state index in [0.717, 1.165) is 44.6 Å². The number of hydrogen-bond donors (Lipinski definition) is 1. The molecular formula is C20H22FN7. The summed E-state index contributed by atoms with van der Waals surface area (Å²) < 4.78 is 14.1. The van der Waals surface area contributed by atoms with Crippen LogP contribution in [0.3, 0.4) is 0 Å². The third kappa shape index (κ3) is 4.07. The third-order valence-electron chi connectivity index (χ3n) is 4.82. The summed E-state index contributed by atoms with van der Waals surface area (Å²) >= 11 is 0. The molecule has 28 heavy (non-hydrogen) atoms. The molecule has 1 fully saturated rings. The lowest BCUT2D eigenvalue weighted by Crippen LogP contribution is -2.46. The number of rotatable bonds is 5. The van der Waals surface area contributed by atoms with Gasteiger partial charge in [-0.05, 0) is 30.8 Å². The van der Waals surface area contributed by atoms with Gasteiger partial charge in [-0.2, -0.15) is 0 Å². The second-order valence-corrected chi connectivity index (χ2v) is 6.55. The molecule has 8 heteroatoms.